The SMILES string of the molecule is C#CCNC(=O)C(C)NCC(=O)N(CC)CC. The molecular weight excluding hydrogens is 218 g/mol. The highest BCUT2D eigenvalue weighted by Crippen LogP contribution is 1.89. The fourth-order valence-corrected chi connectivity index (χ4v) is 1.31. The number of hydrogen-bond acceptors (Lipinski definition) is 3. The summed E-state index contributed by atoms with van der Waals surface area (Å²) in [4.78, 5) is 24.8. The number of nitrogens with zero attached hydrogens (tertiary/aromatic N) is 1. The highest BCUT2D eigenvalue weighted by Gasteiger charge is 2.14. The third-order valence-corrected chi connectivity index (χ3v) is 2.43. The van der Waals surface area contributed by atoms with Gasteiger partial charge in [-0.2, -0.15) is 0 Å². The van der Waals surface area contributed by atoms with Gasteiger partial charge >= 0.3 is 0 Å². The second-order valence-electron chi connectivity index (χ2n) is 3.59. The Hall–Kier alpha value is -1.54. The molecule has 0 aliphatic carbocycles. The van der Waals surface area contributed by atoms with E-state index in [2.05, 4.69) is 16.6 Å². The Morgan fingerprint density at radius 1 is 1.35 bits per heavy atom. The van der Waals surface area contributed by atoms with Crippen molar-refractivity contribution in [3.8, 4) is 12.3 Å². The fourth-order valence-electron chi connectivity index (χ4n) is 1.31. The average Bonchev–Trinajstić information content (AvgIpc) is 2.34. The molecule has 1 unspecified atom stereocenters. The number of nitrogens with one attached hydrogen (secondary N) is 2. The molecule has 0 aromatic carbocycles. The molecule has 5 heteroatoms. The van der Waals surface area contributed by atoms with Crippen molar-refractivity contribution >= 4 is 11.8 Å². The van der Waals surface area contributed by atoms with Gasteiger partial charge in [-0.15, -0.1) is 6.42 Å². The van der Waals surface area contributed by atoms with Crippen LogP contribution >= 0.6 is 0 Å². The Balaban J connectivity index is 3.98. The van der Waals surface area contributed by atoms with Crippen LogP contribution in [0.1, 0.15) is 20.8 Å². The van der Waals surface area contributed by atoms with E-state index in [4.69, 9.17) is 6.42 Å². The number of carbonyl (C=O) groups excluding carboxylic acids is 2. The summed E-state index contributed by atoms with van der Waals surface area (Å²) in [5.74, 6) is 2.11. The molecule has 17 heavy (non-hydrogen) atoms. The van der Waals surface area contributed by atoms with Crippen molar-refractivity contribution in [1.82, 2.24) is 15.5 Å². The van der Waals surface area contributed by atoms with Gasteiger partial charge in [-0.05, 0) is 20.8 Å². The van der Waals surface area contributed by atoms with Crippen LogP contribution in [0, 0.1) is 12.3 Å². The summed E-state index contributed by atoms with van der Waals surface area (Å²) in [6.07, 6.45) is 5.03. The van der Waals surface area contributed by atoms with Crippen LogP contribution in [-0.4, -0.2) is 48.9 Å². The Morgan fingerprint density at radius 2 is 1.94 bits per heavy atom. The zero-order valence-corrected chi connectivity index (χ0v) is 10.7. The molecule has 0 saturated heterocycles. The van der Waals surface area contributed by atoms with E-state index in [1.54, 1.807) is 11.8 Å². The Morgan fingerprint density at radius 3 is 2.41 bits per heavy atom. The molecule has 0 spiro atoms. The van der Waals surface area contributed by atoms with Crippen LogP contribution in [0.2, 0.25) is 0 Å². The number of likely N-dealkylation sites (N-methyl/N-ethyl adjacent to an activating group) is 1. The standard InChI is InChI=1S/C12H21N3O2/c1-5-8-13-12(17)10(4)14-9-11(16)15(6-2)7-3/h1,10,14H,6-9H2,2-4H3,(H,13,17). The van der Waals surface area contributed by atoms with Crippen molar-refractivity contribution < 1.29 is 9.59 Å². The molecule has 0 aliphatic rings. The summed E-state index contributed by atoms with van der Waals surface area (Å²) < 4.78 is 0. The second-order valence-corrected chi connectivity index (χ2v) is 3.59. The van der Waals surface area contributed by atoms with E-state index >= 15 is 0 Å². The molecule has 1 atom stereocenters. The molecule has 0 saturated carbocycles. The van der Waals surface area contributed by atoms with E-state index < -0.39 is 6.04 Å². The van der Waals surface area contributed by atoms with E-state index in [1.807, 2.05) is 13.8 Å². The Labute approximate surface area is 103 Å². The summed E-state index contributed by atoms with van der Waals surface area (Å²) in [5.41, 5.74) is 0. The molecule has 0 aromatic rings. The zero-order valence-electron chi connectivity index (χ0n) is 10.7. The highest BCUT2D eigenvalue weighted by molar-refractivity contribution is 5.83. The summed E-state index contributed by atoms with van der Waals surface area (Å²) >= 11 is 0. The minimum atomic E-state index is -0.428. The second kappa shape index (κ2) is 8.59. The number of terminal acetylenes is 1. The quantitative estimate of drug-likeness (QED) is 0.593. The molecule has 0 heterocycles. The summed E-state index contributed by atoms with van der Waals surface area (Å²) in [6, 6.07) is -0.428. The summed E-state index contributed by atoms with van der Waals surface area (Å²) in [5, 5.41) is 5.42. The summed E-state index contributed by atoms with van der Waals surface area (Å²) in [7, 11) is 0. The van der Waals surface area contributed by atoms with Crippen LogP contribution in [0.15, 0.2) is 0 Å². The van der Waals surface area contributed by atoms with Gasteiger partial charge in [0.05, 0.1) is 19.1 Å². The van der Waals surface area contributed by atoms with E-state index in [0.29, 0.717) is 13.1 Å². The molecule has 5 nitrogen and oxygen atoms in total. The maximum atomic E-state index is 11.6. The molecule has 0 fully saturated rings. The normalized spacial score (nSPS) is 11.4. The van der Waals surface area contributed by atoms with Gasteiger partial charge in [0.15, 0.2) is 0 Å². The van der Waals surface area contributed by atoms with Gasteiger partial charge in [-0.25, -0.2) is 0 Å². The van der Waals surface area contributed by atoms with Gasteiger partial charge in [0, 0.05) is 13.1 Å². The first-order valence-corrected chi connectivity index (χ1v) is 5.79. The minimum Gasteiger partial charge on any atom is -0.344 e. The maximum absolute atomic E-state index is 11.6. The van der Waals surface area contributed by atoms with Gasteiger partial charge in [-0.3, -0.25) is 14.9 Å². The van der Waals surface area contributed by atoms with Gasteiger partial charge in [-0.1, -0.05) is 5.92 Å². The van der Waals surface area contributed by atoms with Crippen molar-refractivity contribution in [2.45, 2.75) is 26.8 Å². The van der Waals surface area contributed by atoms with Crippen molar-refractivity contribution in [3.05, 3.63) is 0 Å². The van der Waals surface area contributed by atoms with Crippen molar-refractivity contribution in [2.24, 2.45) is 0 Å². The van der Waals surface area contributed by atoms with Crippen molar-refractivity contribution in [1.29, 1.82) is 0 Å². The van der Waals surface area contributed by atoms with Crippen LogP contribution in [0.5, 0.6) is 0 Å². The lowest BCUT2D eigenvalue weighted by molar-refractivity contribution is -0.130. The molecule has 0 rings (SSSR count). The fraction of sp³-hybridized carbons (Fsp3) is 0.667. The van der Waals surface area contributed by atoms with Gasteiger partial charge in [0.25, 0.3) is 0 Å². The highest BCUT2D eigenvalue weighted by atomic mass is 16.2. The Kier molecular flexibility index (Phi) is 7.82. The maximum Gasteiger partial charge on any atom is 0.237 e. The van der Waals surface area contributed by atoms with Crippen molar-refractivity contribution in [2.75, 3.05) is 26.2 Å². The topological polar surface area (TPSA) is 61.4 Å². The lowest BCUT2D eigenvalue weighted by atomic mass is 10.3. The van der Waals surface area contributed by atoms with E-state index in [0.717, 1.165) is 0 Å². The Bertz CT molecular complexity index is 293. The molecule has 2 amide bonds. The van der Waals surface area contributed by atoms with Crippen molar-refractivity contribution in [3.63, 3.8) is 0 Å². The lowest BCUT2D eigenvalue weighted by Gasteiger charge is -2.20. The van der Waals surface area contributed by atoms with Crippen LogP contribution in [-0.2, 0) is 9.59 Å². The molecule has 0 aromatic heterocycles. The minimum absolute atomic E-state index is 0.00778. The summed E-state index contributed by atoms with van der Waals surface area (Å²) in [6.45, 7) is 7.25. The number of rotatable bonds is 7. The molecule has 0 radical (unpaired) electrons. The van der Waals surface area contributed by atoms with Gasteiger partial charge in [0.2, 0.25) is 11.8 Å². The first-order chi connectivity index (χ1) is 8.06. The first kappa shape index (κ1) is 15.5. The predicted octanol–water partition coefficient (Wildman–Crippen LogP) is -0.418. The monoisotopic (exact) mass is 239 g/mol. The molecule has 96 valence electrons. The van der Waals surface area contributed by atoms with E-state index in [-0.39, 0.29) is 24.9 Å². The smallest absolute Gasteiger partial charge is 0.237 e. The number of hydrogen-bond donors (Lipinski definition) is 2. The van der Waals surface area contributed by atoms with Gasteiger partial charge in [0.1, 0.15) is 0 Å². The third kappa shape index (κ3) is 5.93. The third-order valence-electron chi connectivity index (χ3n) is 2.43. The van der Waals surface area contributed by atoms with Crippen LogP contribution in [0.3, 0.4) is 0 Å². The molecule has 2 N–H and O–H groups in total. The predicted molar refractivity (Wildman–Crippen MR) is 67.2 cm³/mol. The lowest BCUT2D eigenvalue weighted by Crippen LogP contribution is -2.47. The zero-order chi connectivity index (χ0) is 13.3. The average molecular weight is 239 g/mol. The van der Waals surface area contributed by atoms with Crippen LogP contribution < -0.4 is 10.6 Å². The largest absolute Gasteiger partial charge is 0.344 e. The van der Waals surface area contributed by atoms with Crippen LogP contribution in [0.4, 0.5) is 0 Å². The first-order valence-electron chi connectivity index (χ1n) is 5.79. The van der Waals surface area contributed by atoms with Crippen LogP contribution in [0.25, 0.3) is 0 Å². The molecular formula is C12H21N3O2. The van der Waals surface area contributed by atoms with E-state index in [1.165, 1.54) is 0 Å². The van der Waals surface area contributed by atoms with Gasteiger partial charge < -0.3 is 10.2 Å². The van der Waals surface area contributed by atoms with E-state index in [9.17, 15) is 9.59 Å². The molecule has 0 aliphatic heterocycles. The number of carbonyl (C=O) groups is 2. The molecule has 0 bridgehead atoms. The number of amides is 2.